The average molecular weight is 184 g/mol. The first kappa shape index (κ1) is 7.32. The summed E-state index contributed by atoms with van der Waals surface area (Å²) < 4.78 is 0. The van der Waals surface area contributed by atoms with Crippen molar-refractivity contribution >= 4 is 11.2 Å². The Labute approximate surface area is 80.0 Å². The number of imidazole rings is 1. The number of hydrogen-bond acceptors (Lipinski definition) is 2. The SMILES string of the molecule is c1c[nH]c(-c2nc3ncccc3[nH]2)c1. The molecule has 0 aliphatic carbocycles. The van der Waals surface area contributed by atoms with Gasteiger partial charge in [-0.05, 0) is 24.3 Å². The molecule has 3 heterocycles. The monoisotopic (exact) mass is 184 g/mol. The number of aromatic amines is 2. The second-order valence-corrected chi connectivity index (χ2v) is 3.04. The number of H-pyrrole nitrogens is 2. The van der Waals surface area contributed by atoms with Crippen LogP contribution < -0.4 is 0 Å². The number of nitrogens with zero attached hydrogens (tertiary/aromatic N) is 2. The van der Waals surface area contributed by atoms with Gasteiger partial charge in [0.05, 0.1) is 11.2 Å². The van der Waals surface area contributed by atoms with E-state index < -0.39 is 0 Å². The fourth-order valence-electron chi connectivity index (χ4n) is 1.45. The van der Waals surface area contributed by atoms with E-state index in [1.807, 2.05) is 30.5 Å². The van der Waals surface area contributed by atoms with Gasteiger partial charge in [0.25, 0.3) is 0 Å². The van der Waals surface area contributed by atoms with Gasteiger partial charge < -0.3 is 9.97 Å². The van der Waals surface area contributed by atoms with Gasteiger partial charge in [0.1, 0.15) is 0 Å². The lowest BCUT2D eigenvalue weighted by Crippen LogP contribution is -1.78. The van der Waals surface area contributed by atoms with E-state index in [0.29, 0.717) is 0 Å². The van der Waals surface area contributed by atoms with Crippen LogP contribution >= 0.6 is 0 Å². The highest BCUT2D eigenvalue weighted by Gasteiger charge is 2.04. The van der Waals surface area contributed by atoms with Gasteiger partial charge in [0.15, 0.2) is 11.5 Å². The maximum Gasteiger partial charge on any atom is 0.178 e. The molecular formula is C10H8N4. The van der Waals surface area contributed by atoms with Crippen molar-refractivity contribution in [1.82, 2.24) is 19.9 Å². The fourth-order valence-corrected chi connectivity index (χ4v) is 1.45. The van der Waals surface area contributed by atoms with Gasteiger partial charge in [-0.15, -0.1) is 0 Å². The number of fused-ring (bicyclic) bond motifs is 1. The highest BCUT2D eigenvalue weighted by Crippen LogP contribution is 2.16. The van der Waals surface area contributed by atoms with Crippen molar-refractivity contribution in [3.05, 3.63) is 36.7 Å². The van der Waals surface area contributed by atoms with E-state index in [9.17, 15) is 0 Å². The summed E-state index contributed by atoms with van der Waals surface area (Å²) in [4.78, 5) is 14.8. The molecule has 0 radical (unpaired) electrons. The van der Waals surface area contributed by atoms with E-state index >= 15 is 0 Å². The van der Waals surface area contributed by atoms with Crippen molar-refractivity contribution in [2.45, 2.75) is 0 Å². The summed E-state index contributed by atoms with van der Waals surface area (Å²) in [5, 5.41) is 0. The summed E-state index contributed by atoms with van der Waals surface area (Å²) in [5.74, 6) is 0.823. The van der Waals surface area contributed by atoms with Crippen LogP contribution in [-0.4, -0.2) is 19.9 Å². The van der Waals surface area contributed by atoms with Gasteiger partial charge in [0.2, 0.25) is 0 Å². The predicted molar refractivity (Wildman–Crippen MR) is 53.7 cm³/mol. The van der Waals surface area contributed by atoms with Crippen LogP contribution in [0.2, 0.25) is 0 Å². The third kappa shape index (κ3) is 1.01. The Kier molecular flexibility index (Phi) is 1.41. The first-order valence-electron chi connectivity index (χ1n) is 4.38. The van der Waals surface area contributed by atoms with Crippen molar-refractivity contribution in [1.29, 1.82) is 0 Å². The van der Waals surface area contributed by atoms with E-state index in [-0.39, 0.29) is 0 Å². The van der Waals surface area contributed by atoms with E-state index in [4.69, 9.17) is 0 Å². The number of hydrogen-bond donors (Lipinski definition) is 2. The quantitative estimate of drug-likeness (QED) is 0.607. The second-order valence-electron chi connectivity index (χ2n) is 3.04. The highest BCUT2D eigenvalue weighted by molar-refractivity contribution is 5.74. The van der Waals surface area contributed by atoms with Crippen LogP contribution in [-0.2, 0) is 0 Å². The second kappa shape index (κ2) is 2.70. The standard InChI is InChI=1S/C10H8N4/c1-3-7(11-5-1)10-13-8-4-2-6-12-9(8)14-10/h1-6,11H,(H,12,13,14). The first-order valence-corrected chi connectivity index (χ1v) is 4.38. The number of rotatable bonds is 1. The fraction of sp³-hybridized carbons (Fsp3) is 0. The molecule has 0 saturated carbocycles. The molecule has 0 aliphatic rings. The van der Waals surface area contributed by atoms with E-state index in [2.05, 4.69) is 19.9 Å². The lowest BCUT2D eigenvalue weighted by Gasteiger charge is -1.87. The van der Waals surface area contributed by atoms with Crippen LogP contribution in [0.25, 0.3) is 22.7 Å². The molecule has 14 heavy (non-hydrogen) atoms. The Balaban J connectivity index is 2.24. The van der Waals surface area contributed by atoms with Crippen LogP contribution in [0.3, 0.4) is 0 Å². The zero-order chi connectivity index (χ0) is 9.38. The lowest BCUT2D eigenvalue weighted by molar-refractivity contribution is 1.26. The number of aromatic nitrogens is 4. The molecule has 0 bridgehead atoms. The van der Waals surface area contributed by atoms with Crippen molar-refractivity contribution in [3.8, 4) is 11.5 Å². The van der Waals surface area contributed by atoms with E-state index in [1.54, 1.807) is 6.20 Å². The summed E-state index contributed by atoms with van der Waals surface area (Å²) in [5.41, 5.74) is 2.68. The molecule has 0 amide bonds. The van der Waals surface area contributed by atoms with Crippen molar-refractivity contribution < 1.29 is 0 Å². The summed E-state index contributed by atoms with van der Waals surface area (Å²) in [6.45, 7) is 0. The van der Waals surface area contributed by atoms with Crippen molar-refractivity contribution in [2.75, 3.05) is 0 Å². The molecule has 0 spiro atoms. The Morgan fingerprint density at radius 3 is 2.93 bits per heavy atom. The Bertz CT molecular complexity index is 517. The Morgan fingerprint density at radius 1 is 1.14 bits per heavy atom. The van der Waals surface area contributed by atoms with E-state index in [0.717, 1.165) is 22.7 Å². The molecule has 3 aromatic heterocycles. The third-order valence-electron chi connectivity index (χ3n) is 2.11. The Hall–Kier alpha value is -2.10. The molecule has 0 atom stereocenters. The summed E-state index contributed by atoms with van der Waals surface area (Å²) in [6, 6.07) is 7.76. The van der Waals surface area contributed by atoms with Gasteiger partial charge >= 0.3 is 0 Å². The van der Waals surface area contributed by atoms with E-state index in [1.165, 1.54) is 0 Å². The van der Waals surface area contributed by atoms with Gasteiger partial charge in [-0.3, -0.25) is 0 Å². The minimum absolute atomic E-state index is 0.747. The smallest absolute Gasteiger partial charge is 0.178 e. The van der Waals surface area contributed by atoms with Crippen LogP contribution in [0.1, 0.15) is 0 Å². The van der Waals surface area contributed by atoms with Gasteiger partial charge in [0, 0.05) is 12.4 Å². The topological polar surface area (TPSA) is 57.4 Å². The predicted octanol–water partition coefficient (Wildman–Crippen LogP) is 1.95. The summed E-state index contributed by atoms with van der Waals surface area (Å²) >= 11 is 0. The Morgan fingerprint density at radius 2 is 2.14 bits per heavy atom. The van der Waals surface area contributed by atoms with Crippen LogP contribution in [0.4, 0.5) is 0 Å². The minimum atomic E-state index is 0.747. The molecule has 4 heteroatoms. The molecule has 3 rings (SSSR count). The molecule has 2 N–H and O–H groups in total. The van der Waals surface area contributed by atoms with Crippen molar-refractivity contribution in [3.63, 3.8) is 0 Å². The number of pyridine rings is 1. The normalized spacial score (nSPS) is 10.9. The maximum atomic E-state index is 4.36. The molecular weight excluding hydrogens is 176 g/mol. The molecule has 3 aromatic rings. The zero-order valence-corrected chi connectivity index (χ0v) is 7.36. The largest absolute Gasteiger partial charge is 0.359 e. The lowest BCUT2D eigenvalue weighted by atomic mass is 10.4. The van der Waals surface area contributed by atoms with Gasteiger partial charge in [-0.1, -0.05) is 0 Å². The van der Waals surface area contributed by atoms with Gasteiger partial charge in [-0.2, -0.15) is 0 Å². The third-order valence-corrected chi connectivity index (χ3v) is 2.11. The zero-order valence-electron chi connectivity index (χ0n) is 7.36. The molecule has 68 valence electrons. The van der Waals surface area contributed by atoms with Crippen molar-refractivity contribution in [2.24, 2.45) is 0 Å². The summed E-state index contributed by atoms with van der Waals surface area (Å²) in [6.07, 6.45) is 3.61. The number of nitrogens with one attached hydrogen (secondary N) is 2. The molecule has 4 nitrogen and oxygen atoms in total. The molecule has 0 unspecified atom stereocenters. The van der Waals surface area contributed by atoms with Crippen LogP contribution in [0.15, 0.2) is 36.7 Å². The van der Waals surface area contributed by atoms with Crippen LogP contribution in [0.5, 0.6) is 0 Å². The average Bonchev–Trinajstić information content (AvgIpc) is 2.86. The van der Waals surface area contributed by atoms with Gasteiger partial charge in [-0.25, -0.2) is 9.97 Å². The minimum Gasteiger partial charge on any atom is -0.359 e. The molecule has 0 aromatic carbocycles. The summed E-state index contributed by atoms with van der Waals surface area (Å²) in [7, 11) is 0. The molecule has 0 fully saturated rings. The molecule has 0 aliphatic heterocycles. The molecule has 0 saturated heterocycles. The maximum absolute atomic E-state index is 4.36. The highest BCUT2D eigenvalue weighted by atomic mass is 15.0. The first-order chi connectivity index (χ1) is 6.93. The van der Waals surface area contributed by atoms with Crippen LogP contribution in [0, 0.1) is 0 Å².